The zero-order chi connectivity index (χ0) is 9.14. The van der Waals surface area contributed by atoms with E-state index in [1.165, 1.54) is 11.3 Å². The van der Waals surface area contributed by atoms with Gasteiger partial charge in [-0.3, -0.25) is 0 Å². The molecule has 1 heterocycles. The molecule has 0 radical (unpaired) electrons. The van der Waals surface area contributed by atoms with E-state index in [-0.39, 0.29) is 12.4 Å². The molecule has 0 bridgehead atoms. The molecule has 0 aliphatic rings. The third-order valence-electron chi connectivity index (χ3n) is 1.28. The fourth-order valence-corrected chi connectivity index (χ4v) is 1.48. The van der Waals surface area contributed by atoms with Gasteiger partial charge in [-0.1, -0.05) is 0 Å². The maximum absolute atomic E-state index is 11.1. The summed E-state index contributed by atoms with van der Waals surface area (Å²) in [7, 11) is 0. The van der Waals surface area contributed by atoms with Gasteiger partial charge in [0.05, 0.1) is 6.61 Å². The molecule has 0 saturated carbocycles. The highest BCUT2D eigenvalue weighted by molar-refractivity contribution is 7.15. The normalized spacial score (nSPS) is 9.08. The summed E-state index contributed by atoms with van der Waals surface area (Å²) in [6.45, 7) is 3.90. The quantitative estimate of drug-likeness (QED) is 0.773. The molecule has 0 atom stereocenters. The van der Waals surface area contributed by atoms with Gasteiger partial charge >= 0.3 is 5.97 Å². The summed E-state index contributed by atoms with van der Waals surface area (Å²) >= 11 is 1.29. The molecule has 0 saturated heterocycles. The van der Waals surface area contributed by atoms with Gasteiger partial charge < -0.3 is 10.5 Å². The molecule has 0 unspecified atom stereocenters. The molecule has 74 valence electrons. The van der Waals surface area contributed by atoms with E-state index in [1.54, 1.807) is 13.8 Å². The molecule has 1 aromatic rings. The highest BCUT2D eigenvalue weighted by Crippen LogP contribution is 2.19. The van der Waals surface area contributed by atoms with E-state index in [4.69, 9.17) is 10.5 Å². The van der Waals surface area contributed by atoms with E-state index < -0.39 is 5.97 Å². The highest BCUT2D eigenvalue weighted by atomic mass is 35.5. The van der Waals surface area contributed by atoms with Crippen LogP contribution in [0.4, 0.5) is 5.13 Å². The summed E-state index contributed by atoms with van der Waals surface area (Å²) in [6.07, 6.45) is 0. The smallest absolute Gasteiger partial charge is 0.358 e. The first-order valence-electron chi connectivity index (χ1n) is 3.55. The van der Waals surface area contributed by atoms with Crippen LogP contribution < -0.4 is 5.73 Å². The topological polar surface area (TPSA) is 65.2 Å². The Labute approximate surface area is 86.5 Å². The number of hydrogen-bond donors (Lipinski definition) is 1. The molecule has 0 aromatic carbocycles. The molecule has 0 fully saturated rings. The number of nitrogens with zero attached hydrogens (tertiary/aromatic N) is 1. The van der Waals surface area contributed by atoms with Gasteiger partial charge in [0.25, 0.3) is 0 Å². The molecule has 6 heteroatoms. The number of esters is 1. The fraction of sp³-hybridized carbons (Fsp3) is 0.429. The predicted molar refractivity (Wildman–Crippen MR) is 54.5 cm³/mol. The van der Waals surface area contributed by atoms with Crippen molar-refractivity contribution in [3.8, 4) is 0 Å². The maximum Gasteiger partial charge on any atom is 0.358 e. The Morgan fingerprint density at radius 3 is 2.69 bits per heavy atom. The number of rotatable bonds is 2. The van der Waals surface area contributed by atoms with E-state index in [2.05, 4.69) is 4.98 Å². The van der Waals surface area contributed by atoms with E-state index in [0.29, 0.717) is 17.4 Å². The van der Waals surface area contributed by atoms with Crippen molar-refractivity contribution in [3.63, 3.8) is 0 Å². The number of carbonyl (C=O) groups is 1. The van der Waals surface area contributed by atoms with Crippen LogP contribution in [0.3, 0.4) is 0 Å². The second-order valence-electron chi connectivity index (χ2n) is 2.18. The molecule has 0 aliphatic heterocycles. The van der Waals surface area contributed by atoms with Crippen molar-refractivity contribution in [3.05, 3.63) is 10.6 Å². The van der Waals surface area contributed by atoms with E-state index in [9.17, 15) is 4.79 Å². The van der Waals surface area contributed by atoms with Crippen LogP contribution in [0, 0.1) is 6.92 Å². The summed E-state index contributed by atoms with van der Waals surface area (Å²) in [6, 6.07) is 0. The van der Waals surface area contributed by atoms with Crippen LogP contribution in [0.5, 0.6) is 0 Å². The minimum atomic E-state index is -0.400. The fourth-order valence-electron chi connectivity index (χ4n) is 0.806. The lowest BCUT2D eigenvalue weighted by Crippen LogP contribution is -2.06. The summed E-state index contributed by atoms with van der Waals surface area (Å²) in [5.41, 5.74) is 5.75. The van der Waals surface area contributed by atoms with Gasteiger partial charge in [-0.05, 0) is 13.8 Å². The maximum atomic E-state index is 11.1. The SMILES string of the molecule is CCOC(=O)c1nc(N)sc1C.Cl. The number of ether oxygens (including phenoxy) is 1. The number of thiazole rings is 1. The lowest BCUT2D eigenvalue weighted by molar-refractivity contribution is 0.0519. The van der Waals surface area contributed by atoms with Crippen LogP contribution in [0.2, 0.25) is 0 Å². The third-order valence-corrected chi connectivity index (χ3v) is 2.08. The largest absolute Gasteiger partial charge is 0.461 e. The van der Waals surface area contributed by atoms with Gasteiger partial charge in [0, 0.05) is 4.88 Å². The molecule has 13 heavy (non-hydrogen) atoms. The Balaban J connectivity index is 0.00000144. The first-order valence-corrected chi connectivity index (χ1v) is 4.36. The van der Waals surface area contributed by atoms with Crippen LogP contribution >= 0.6 is 23.7 Å². The molecule has 2 N–H and O–H groups in total. The average molecular weight is 223 g/mol. The minimum Gasteiger partial charge on any atom is -0.461 e. The number of nitrogen functional groups attached to an aromatic ring is 1. The van der Waals surface area contributed by atoms with Crippen molar-refractivity contribution >= 4 is 34.8 Å². The average Bonchev–Trinajstić information content (AvgIpc) is 2.30. The lowest BCUT2D eigenvalue weighted by Gasteiger charge is -1.97. The zero-order valence-electron chi connectivity index (χ0n) is 7.36. The van der Waals surface area contributed by atoms with Crippen LogP contribution in [0.15, 0.2) is 0 Å². The highest BCUT2D eigenvalue weighted by Gasteiger charge is 2.14. The van der Waals surface area contributed by atoms with E-state index >= 15 is 0 Å². The van der Waals surface area contributed by atoms with Crippen molar-refractivity contribution in [1.82, 2.24) is 4.98 Å². The third kappa shape index (κ3) is 2.86. The Bertz CT molecular complexity index is 301. The number of anilines is 1. The number of carbonyl (C=O) groups excluding carboxylic acids is 1. The first kappa shape index (κ1) is 12.2. The summed E-state index contributed by atoms with van der Waals surface area (Å²) in [4.78, 5) is 15.8. The number of halogens is 1. The van der Waals surface area contributed by atoms with Gasteiger partial charge in [0.2, 0.25) is 0 Å². The molecule has 0 amide bonds. The molecule has 1 rings (SSSR count). The number of hydrogen-bond acceptors (Lipinski definition) is 5. The Morgan fingerprint density at radius 2 is 2.31 bits per heavy atom. The van der Waals surface area contributed by atoms with Gasteiger partial charge in [0.15, 0.2) is 10.8 Å². The van der Waals surface area contributed by atoms with Crippen LogP contribution in [-0.2, 0) is 4.74 Å². The summed E-state index contributed by atoms with van der Waals surface area (Å²) in [5.74, 6) is -0.400. The van der Waals surface area contributed by atoms with Crippen LogP contribution in [-0.4, -0.2) is 17.6 Å². The Hall–Kier alpha value is -0.810. The van der Waals surface area contributed by atoms with Gasteiger partial charge in [-0.2, -0.15) is 0 Å². The molecule has 1 aromatic heterocycles. The molecule has 0 spiro atoms. The van der Waals surface area contributed by atoms with Crippen molar-refractivity contribution in [1.29, 1.82) is 0 Å². The van der Waals surface area contributed by atoms with Crippen LogP contribution in [0.1, 0.15) is 22.3 Å². The standard InChI is InChI=1S/C7H10N2O2S.ClH/c1-3-11-6(10)5-4(2)12-7(8)9-5;/h3H2,1-2H3,(H2,8,9);1H. The second kappa shape index (κ2) is 5.04. The Kier molecular flexibility index (Phi) is 4.72. The summed E-state index contributed by atoms with van der Waals surface area (Å²) < 4.78 is 4.77. The predicted octanol–water partition coefficient (Wildman–Crippen LogP) is 1.63. The van der Waals surface area contributed by atoms with Crippen molar-refractivity contribution in [2.45, 2.75) is 13.8 Å². The van der Waals surface area contributed by atoms with Gasteiger partial charge in [0.1, 0.15) is 0 Å². The molecular weight excluding hydrogens is 212 g/mol. The van der Waals surface area contributed by atoms with E-state index in [1.807, 2.05) is 0 Å². The molecule has 4 nitrogen and oxygen atoms in total. The van der Waals surface area contributed by atoms with E-state index in [0.717, 1.165) is 4.88 Å². The van der Waals surface area contributed by atoms with Crippen LogP contribution in [0.25, 0.3) is 0 Å². The minimum absolute atomic E-state index is 0. The number of aromatic nitrogens is 1. The molecular formula is C7H11ClN2O2S. The molecule has 0 aliphatic carbocycles. The monoisotopic (exact) mass is 222 g/mol. The summed E-state index contributed by atoms with van der Waals surface area (Å²) in [5, 5.41) is 0.399. The lowest BCUT2D eigenvalue weighted by atomic mass is 10.4. The van der Waals surface area contributed by atoms with Crippen molar-refractivity contribution in [2.24, 2.45) is 0 Å². The van der Waals surface area contributed by atoms with Gasteiger partial charge in [-0.15, -0.1) is 23.7 Å². The first-order chi connectivity index (χ1) is 5.65. The zero-order valence-corrected chi connectivity index (χ0v) is 9.00. The Morgan fingerprint density at radius 1 is 1.69 bits per heavy atom. The number of aryl methyl sites for hydroxylation is 1. The second-order valence-corrected chi connectivity index (χ2v) is 3.41. The van der Waals surface area contributed by atoms with Crippen molar-refractivity contribution < 1.29 is 9.53 Å². The van der Waals surface area contributed by atoms with Crippen molar-refractivity contribution in [2.75, 3.05) is 12.3 Å². The van der Waals surface area contributed by atoms with Gasteiger partial charge in [-0.25, -0.2) is 9.78 Å². The number of nitrogens with two attached hydrogens (primary N) is 1.